The summed E-state index contributed by atoms with van der Waals surface area (Å²) in [7, 11) is 0. The van der Waals surface area contributed by atoms with Gasteiger partial charge in [0.05, 0.1) is 10.7 Å². The number of rotatable bonds is 3. The molecule has 0 aliphatic rings. The third-order valence-corrected chi connectivity index (χ3v) is 4.28. The molecule has 20 heavy (non-hydrogen) atoms. The van der Waals surface area contributed by atoms with Crippen LogP contribution in [-0.2, 0) is 11.8 Å². The van der Waals surface area contributed by atoms with Crippen molar-refractivity contribution in [1.29, 1.82) is 0 Å². The maximum absolute atomic E-state index is 13.0. The average molecular weight is 313 g/mol. The van der Waals surface area contributed by atoms with Crippen LogP contribution in [0.25, 0.3) is 0 Å². The lowest BCUT2D eigenvalue weighted by Crippen LogP contribution is -2.15. The molecule has 1 aromatic carbocycles. The Balaban J connectivity index is 2.15. The monoisotopic (exact) mass is 312 g/mol. The second-order valence-corrected chi connectivity index (χ2v) is 7.20. The Hall–Kier alpha value is -0.970. The minimum atomic E-state index is -0.352. The van der Waals surface area contributed by atoms with Gasteiger partial charge in [-0.15, -0.1) is 11.3 Å². The van der Waals surface area contributed by atoms with Gasteiger partial charge in [0.2, 0.25) is 0 Å². The van der Waals surface area contributed by atoms with E-state index in [1.807, 2.05) is 0 Å². The summed E-state index contributed by atoms with van der Waals surface area (Å²) < 4.78 is 13.0. The van der Waals surface area contributed by atoms with Crippen LogP contribution in [0.15, 0.2) is 23.6 Å². The van der Waals surface area contributed by atoms with Gasteiger partial charge in [0, 0.05) is 28.3 Å². The molecule has 108 valence electrons. The second kappa shape index (κ2) is 5.80. The van der Waals surface area contributed by atoms with Crippen LogP contribution in [0.4, 0.5) is 4.39 Å². The lowest BCUT2D eigenvalue weighted by atomic mass is 9.93. The Bertz CT molecular complexity index is 604. The van der Waals surface area contributed by atoms with Gasteiger partial charge in [-0.1, -0.05) is 38.4 Å². The van der Waals surface area contributed by atoms with Crippen LogP contribution < -0.4 is 5.73 Å². The van der Waals surface area contributed by atoms with Crippen molar-refractivity contribution in [3.8, 4) is 0 Å². The first-order valence-corrected chi connectivity index (χ1v) is 7.68. The van der Waals surface area contributed by atoms with Gasteiger partial charge in [-0.05, 0) is 17.7 Å². The van der Waals surface area contributed by atoms with E-state index in [0.29, 0.717) is 11.4 Å². The Morgan fingerprint density at radius 1 is 1.40 bits per heavy atom. The molecule has 0 aliphatic heterocycles. The topological polar surface area (TPSA) is 38.9 Å². The van der Waals surface area contributed by atoms with Crippen LogP contribution in [0.2, 0.25) is 5.02 Å². The molecule has 0 radical (unpaired) electrons. The smallest absolute Gasteiger partial charge is 0.124 e. The van der Waals surface area contributed by atoms with Gasteiger partial charge >= 0.3 is 0 Å². The molecule has 5 heteroatoms. The van der Waals surface area contributed by atoms with Crippen molar-refractivity contribution in [2.45, 2.75) is 38.6 Å². The summed E-state index contributed by atoms with van der Waals surface area (Å²) in [6, 6.07) is 4.03. The molecule has 0 bridgehead atoms. The van der Waals surface area contributed by atoms with Crippen LogP contribution in [0.3, 0.4) is 0 Å². The van der Waals surface area contributed by atoms with Crippen molar-refractivity contribution in [3.05, 3.63) is 50.7 Å². The normalized spacial score (nSPS) is 13.5. The zero-order valence-electron chi connectivity index (χ0n) is 11.8. The fourth-order valence-corrected chi connectivity index (χ4v) is 3.24. The van der Waals surface area contributed by atoms with Gasteiger partial charge < -0.3 is 5.73 Å². The highest BCUT2D eigenvalue weighted by atomic mass is 35.5. The largest absolute Gasteiger partial charge is 0.324 e. The van der Waals surface area contributed by atoms with Gasteiger partial charge in [0.15, 0.2) is 0 Å². The highest BCUT2D eigenvalue weighted by Gasteiger charge is 2.19. The summed E-state index contributed by atoms with van der Waals surface area (Å²) in [6.07, 6.45) is 0.603. The van der Waals surface area contributed by atoms with E-state index in [2.05, 4.69) is 31.1 Å². The van der Waals surface area contributed by atoms with Gasteiger partial charge in [-0.2, -0.15) is 0 Å². The molecule has 1 unspecified atom stereocenters. The number of hydrogen-bond acceptors (Lipinski definition) is 3. The van der Waals surface area contributed by atoms with E-state index in [1.54, 1.807) is 17.4 Å². The lowest BCUT2D eigenvalue weighted by molar-refractivity contribution is 0.569. The molecule has 1 aromatic heterocycles. The maximum atomic E-state index is 13.0. The zero-order chi connectivity index (χ0) is 14.9. The molecular weight excluding hydrogens is 295 g/mol. The van der Waals surface area contributed by atoms with E-state index in [9.17, 15) is 4.39 Å². The molecule has 0 amide bonds. The van der Waals surface area contributed by atoms with Crippen molar-refractivity contribution in [3.63, 3.8) is 0 Å². The molecule has 2 aromatic rings. The molecule has 2 nitrogen and oxygen atoms in total. The summed E-state index contributed by atoms with van der Waals surface area (Å²) >= 11 is 7.63. The molecule has 2 N–H and O–H groups in total. The molecule has 1 heterocycles. The lowest BCUT2D eigenvalue weighted by Gasteiger charge is -2.15. The van der Waals surface area contributed by atoms with Gasteiger partial charge in [0.1, 0.15) is 5.82 Å². The predicted molar refractivity (Wildman–Crippen MR) is 82.9 cm³/mol. The molecule has 0 fully saturated rings. The van der Waals surface area contributed by atoms with Crippen LogP contribution in [0.5, 0.6) is 0 Å². The highest BCUT2D eigenvalue weighted by molar-refractivity contribution is 7.09. The summed E-state index contributed by atoms with van der Waals surface area (Å²) in [5.74, 6) is -0.352. The number of aromatic nitrogens is 1. The standard InChI is InChI=1S/C15H18ClFN2S/c1-15(2,3)13-8-20-14(19-13)7-12(18)10-5-4-9(17)6-11(10)16/h4-6,8,12H,7,18H2,1-3H3. The van der Waals surface area contributed by atoms with E-state index in [-0.39, 0.29) is 17.3 Å². The van der Waals surface area contributed by atoms with Crippen molar-refractivity contribution >= 4 is 22.9 Å². The number of thiazole rings is 1. The van der Waals surface area contributed by atoms with Gasteiger partial charge in [-0.3, -0.25) is 0 Å². The summed E-state index contributed by atoms with van der Waals surface area (Å²) in [4.78, 5) is 4.62. The molecule has 0 aliphatic carbocycles. The molecule has 0 spiro atoms. The fourth-order valence-electron chi connectivity index (χ4n) is 1.85. The quantitative estimate of drug-likeness (QED) is 0.907. The molecule has 0 saturated carbocycles. The fraction of sp³-hybridized carbons (Fsp3) is 0.400. The molecule has 1 atom stereocenters. The van der Waals surface area contributed by atoms with Crippen LogP contribution in [0.1, 0.15) is 43.1 Å². The van der Waals surface area contributed by atoms with Crippen molar-refractivity contribution in [2.75, 3.05) is 0 Å². The first-order valence-electron chi connectivity index (χ1n) is 6.43. The van der Waals surface area contributed by atoms with Gasteiger partial charge in [-0.25, -0.2) is 9.37 Å². The first kappa shape index (κ1) is 15.4. The van der Waals surface area contributed by atoms with Crippen molar-refractivity contribution < 1.29 is 4.39 Å². The average Bonchev–Trinajstić information content (AvgIpc) is 2.76. The number of nitrogens with zero attached hydrogens (tertiary/aromatic N) is 1. The van der Waals surface area contributed by atoms with Crippen molar-refractivity contribution in [1.82, 2.24) is 4.98 Å². The summed E-state index contributed by atoms with van der Waals surface area (Å²) in [6.45, 7) is 6.38. The van der Waals surface area contributed by atoms with E-state index in [4.69, 9.17) is 17.3 Å². The predicted octanol–water partition coefficient (Wildman–Crippen LogP) is 4.48. The minimum absolute atomic E-state index is 0.0341. The SMILES string of the molecule is CC(C)(C)c1csc(CC(N)c2ccc(F)cc2Cl)n1. The molecule has 2 rings (SSSR count). The molecule has 0 saturated heterocycles. The number of halogens is 2. The Kier molecular flexibility index (Phi) is 4.47. The third kappa shape index (κ3) is 3.57. The number of hydrogen-bond donors (Lipinski definition) is 1. The number of nitrogens with two attached hydrogens (primary N) is 1. The first-order chi connectivity index (χ1) is 9.27. The Morgan fingerprint density at radius 2 is 2.10 bits per heavy atom. The maximum Gasteiger partial charge on any atom is 0.124 e. The highest BCUT2D eigenvalue weighted by Crippen LogP contribution is 2.28. The minimum Gasteiger partial charge on any atom is -0.324 e. The molecular formula is C15H18ClFN2S. The van der Waals surface area contributed by atoms with E-state index in [1.165, 1.54) is 12.1 Å². The Labute approximate surface area is 127 Å². The summed E-state index contributed by atoms with van der Waals surface area (Å²) in [5.41, 5.74) is 8.01. The van der Waals surface area contributed by atoms with Crippen LogP contribution in [-0.4, -0.2) is 4.98 Å². The van der Waals surface area contributed by atoms with Gasteiger partial charge in [0.25, 0.3) is 0 Å². The van der Waals surface area contributed by atoms with Crippen LogP contribution in [0, 0.1) is 5.82 Å². The second-order valence-electron chi connectivity index (χ2n) is 5.85. The van der Waals surface area contributed by atoms with E-state index >= 15 is 0 Å². The third-order valence-electron chi connectivity index (χ3n) is 3.08. The zero-order valence-corrected chi connectivity index (χ0v) is 13.4. The summed E-state index contributed by atoms with van der Waals surface area (Å²) in [5, 5.41) is 3.40. The van der Waals surface area contributed by atoms with Crippen LogP contribution >= 0.6 is 22.9 Å². The Morgan fingerprint density at radius 3 is 2.65 bits per heavy atom. The van der Waals surface area contributed by atoms with E-state index < -0.39 is 0 Å². The van der Waals surface area contributed by atoms with E-state index in [0.717, 1.165) is 16.3 Å². The number of benzene rings is 1. The van der Waals surface area contributed by atoms with Crippen molar-refractivity contribution in [2.24, 2.45) is 5.73 Å².